The van der Waals surface area contributed by atoms with E-state index in [0.29, 0.717) is 5.56 Å². The average Bonchev–Trinajstić information content (AvgIpc) is 2.46. The SMILES string of the molecule is NC(c1cncc(F)c1)c1ccc2nccnc2c1. The Kier molecular flexibility index (Phi) is 2.89. The molecule has 19 heavy (non-hydrogen) atoms. The third kappa shape index (κ3) is 2.28. The molecular formula is C14H11FN4. The first-order chi connectivity index (χ1) is 9.24. The largest absolute Gasteiger partial charge is 0.320 e. The Hall–Kier alpha value is -2.40. The number of benzene rings is 1. The molecule has 5 heteroatoms. The van der Waals surface area contributed by atoms with Crippen molar-refractivity contribution in [3.05, 3.63) is 66.0 Å². The van der Waals surface area contributed by atoms with Crippen LogP contribution in [-0.2, 0) is 0 Å². The molecule has 0 spiro atoms. The molecule has 0 bridgehead atoms. The zero-order valence-electron chi connectivity index (χ0n) is 9.99. The molecule has 1 unspecified atom stereocenters. The molecule has 2 aromatic heterocycles. The zero-order valence-corrected chi connectivity index (χ0v) is 9.99. The van der Waals surface area contributed by atoms with Crippen LogP contribution in [0, 0.1) is 5.82 Å². The van der Waals surface area contributed by atoms with Crippen LogP contribution in [0.3, 0.4) is 0 Å². The van der Waals surface area contributed by atoms with E-state index in [0.717, 1.165) is 22.8 Å². The molecule has 0 radical (unpaired) electrons. The van der Waals surface area contributed by atoms with E-state index < -0.39 is 11.9 Å². The molecule has 0 aliphatic heterocycles. The molecule has 4 nitrogen and oxygen atoms in total. The van der Waals surface area contributed by atoms with Gasteiger partial charge in [0.05, 0.1) is 23.3 Å². The lowest BCUT2D eigenvalue weighted by Crippen LogP contribution is -2.12. The Balaban J connectivity index is 2.04. The Morgan fingerprint density at radius 1 is 0.947 bits per heavy atom. The summed E-state index contributed by atoms with van der Waals surface area (Å²) in [5, 5.41) is 0. The Labute approximate surface area is 109 Å². The first-order valence-corrected chi connectivity index (χ1v) is 5.81. The van der Waals surface area contributed by atoms with E-state index in [1.165, 1.54) is 6.07 Å². The minimum absolute atomic E-state index is 0.395. The van der Waals surface area contributed by atoms with Gasteiger partial charge in [0.2, 0.25) is 0 Å². The third-order valence-corrected chi connectivity index (χ3v) is 2.94. The van der Waals surface area contributed by atoms with E-state index in [9.17, 15) is 4.39 Å². The van der Waals surface area contributed by atoms with Gasteiger partial charge in [-0.1, -0.05) is 6.07 Å². The average molecular weight is 254 g/mol. The minimum Gasteiger partial charge on any atom is -0.320 e. The standard InChI is InChI=1S/C14H11FN4/c15-11-5-10(7-17-8-11)14(16)9-1-2-12-13(6-9)19-4-3-18-12/h1-8,14H,16H2. The van der Waals surface area contributed by atoms with E-state index in [-0.39, 0.29) is 0 Å². The highest BCUT2D eigenvalue weighted by Crippen LogP contribution is 2.21. The highest BCUT2D eigenvalue weighted by molar-refractivity contribution is 5.74. The van der Waals surface area contributed by atoms with Crippen molar-refractivity contribution in [2.75, 3.05) is 0 Å². The van der Waals surface area contributed by atoms with E-state index in [4.69, 9.17) is 5.73 Å². The lowest BCUT2D eigenvalue weighted by Gasteiger charge is -2.12. The van der Waals surface area contributed by atoms with Crippen LogP contribution in [0.4, 0.5) is 4.39 Å². The summed E-state index contributed by atoms with van der Waals surface area (Å²) in [6.45, 7) is 0. The molecule has 2 N–H and O–H groups in total. The number of nitrogens with two attached hydrogens (primary N) is 1. The molecule has 0 saturated heterocycles. The fraction of sp³-hybridized carbons (Fsp3) is 0.0714. The van der Waals surface area contributed by atoms with Crippen LogP contribution in [0.2, 0.25) is 0 Å². The van der Waals surface area contributed by atoms with Gasteiger partial charge in [-0.3, -0.25) is 15.0 Å². The summed E-state index contributed by atoms with van der Waals surface area (Å²) in [5.41, 5.74) is 9.16. The summed E-state index contributed by atoms with van der Waals surface area (Å²) in [6.07, 6.45) is 5.98. The monoisotopic (exact) mass is 254 g/mol. The predicted octanol–water partition coefficient (Wildman–Crippen LogP) is 2.21. The van der Waals surface area contributed by atoms with Crippen LogP contribution in [0.5, 0.6) is 0 Å². The van der Waals surface area contributed by atoms with Crippen molar-refractivity contribution in [2.45, 2.75) is 6.04 Å². The van der Waals surface area contributed by atoms with Gasteiger partial charge < -0.3 is 5.73 Å². The highest BCUT2D eigenvalue weighted by atomic mass is 19.1. The second kappa shape index (κ2) is 4.70. The summed E-state index contributed by atoms with van der Waals surface area (Å²) in [7, 11) is 0. The molecule has 0 saturated carbocycles. The van der Waals surface area contributed by atoms with Crippen molar-refractivity contribution in [2.24, 2.45) is 5.73 Å². The van der Waals surface area contributed by atoms with E-state index in [1.807, 2.05) is 18.2 Å². The molecule has 3 aromatic rings. The maximum absolute atomic E-state index is 13.2. The number of hydrogen-bond acceptors (Lipinski definition) is 4. The molecule has 94 valence electrons. The predicted molar refractivity (Wildman–Crippen MR) is 69.8 cm³/mol. The molecule has 0 aliphatic carbocycles. The smallest absolute Gasteiger partial charge is 0.141 e. The van der Waals surface area contributed by atoms with Crippen LogP contribution in [0.25, 0.3) is 11.0 Å². The molecule has 0 amide bonds. The molecule has 1 aromatic carbocycles. The van der Waals surface area contributed by atoms with Crippen molar-refractivity contribution >= 4 is 11.0 Å². The maximum Gasteiger partial charge on any atom is 0.141 e. The van der Waals surface area contributed by atoms with Gasteiger partial charge in [-0.05, 0) is 29.3 Å². The molecular weight excluding hydrogens is 243 g/mol. The Bertz CT molecular complexity index is 729. The highest BCUT2D eigenvalue weighted by Gasteiger charge is 2.11. The number of rotatable bonds is 2. The number of hydrogen-bond donors (Lipinski definition) is 1. The summed E-state index contributed by atoms with van der Waals surface area (Å²) in [5.74, 6) is -0.395. The van der Waals surface area contributed by atoms with Gasteiger partial charge in [-0.25, -0.2) is 4.39 Å². The summed E-state index contributed by atoms with van der Waals surface area (Å²) >= 11 is 0. The van der Waals surface area contributed by atoms with Crippen molar-refractivity contribution < 1.29 is 4.39 Å². The van der Waals surface area contributed by atoms with Crippen LogP contribution in [-0.4, -0.2) is 15.0 Å². The minimum atomic E-state index is -0.436. The number of fused-ring (bicyclic) bond motifs is 1. The van der Waals surface area contributed by atoms with Gasteiger partial charge in [-0.15, -0.1) is 0 Å². The van der Waals surface area contributed by atoms with E-state index >= 15 is 0 Å². The molecule has 0 fully saturated rings. The quantitative estimate of drug-likeness (QED) is 0.761. The number of halogens is 1. The lowest BCUT2D eigenvalue weighted by molar-refractivity contribution is 0.616. The zero-order chi connectivity index (χ0) is 13.2. The van der Waals surface area contributed by atoms with E-state index in [1.54, 1.807) is 18.6 Å². The van der Waals surface area contributed by atoms with Crippen molar-refractivity contribution in [1.29, 1.82) is 0 Å². The summed E-state index contributed by atoms with van der Waals surface area (Å²) < 4.78 is 13.2. The second-order valence-corrected chi connectivity index (χ2v) is 4.22. The maximum atomic E-state index is 13.2. The number of pyridine rings is 1. The summed E-state index contributed by atoms with van der Waals surface area (Å²) in [4.78, 5) is 12.2. The molecule has 1 atom stereocenters. The molecule has 2 heterocycles. The van der Waals surface area contributed by atoms with Crippen molar-refractivity contribution in [3.63, 3.8) is 0 Å². The van der Waals surface area contributed by atoms with E-state index in [2.05, 4.69) is 15.0 Å². The summed E-state index contributed by atoms with van der Waals surface area (Å²) in [6, 6.07) is 6.53. The third-order valence-electron chi connectivity index (χ3n) is 2.94. The Morgan fingerprint density at radius 2 is 1.74 bits per heavy atom. The fourth-order valence-corrected chi connectivity index (χ4v) is 1.96. The lowest BCUT2D eigenvalue weighted by atomic mass is 10.0. The van der Waals surface area contributed by atoms with Gasteiger partial charge in [0.15, 0.2) is 0 Å². The van der Waals surface area contributed by atoms with Crippen LogP contribution < -0.4 is 5.73 Å². The first kappa shape index (κ1) is 11.7. The first-order valence-electron chi connectivity index (χ1n) is 5.81. The molecule has 0 aliphatic rings. The van der Waals surface area contributed by atoms with Crippen LogP contribution in [0.15, 0.2) is 49.1 Å². The number of nitrogens with zero attached hydrogens (tertiary/aromatic N) is 3. The van der Waals surface area contributed by atoms with Gasteiger partial charge in [-0.2, -0.15) is 0 Å². The van der Waals surface area contributed by atoms with Crippen LogP contribution >= 0.6 is 0 Å². The number of aromatic nitrogens is 3. The fourth-order valence-electron chi connectivity index (χ4n) is 1.96. The van der Waals surface area contributed by atoms with Gasteiger partial charge in [0.25, 0.3) is 0 Å². The normalized spacial score (nSPS) is 12.5. The van der Waals surface area contributed by atoms with Crippen LogP contribution in [0.1, 0.15) is 17.2 Å². The Morgan fingerprint density at radius 3 is 2.53 bits per heavy atom. The van der Waals surface area contributed by atoms with Crippen molar-refractivity contribution in [1.82, 2.24) is 15.0 Å². The topological polar surface area (TPSA) is 64.7 Å². The van der Waals surface area contributed by atoms with Crippen molar-refractivity contribution in [3.8, 4) is 0 Å². The molecule has 3 rings (SSSR count). The van der Waals surface area contributed by atoms with Gasteiger partial charge in [0.1, 0.15) is 5.82 Å². The second-order valence-electron chi connectivity index (χ2n) is 4.22. The van der Waals surface area contributed by atoms with Gasteiger partial charge >= 0.3 is 0 Å². The van der Waals surface area contributed by atoms with Gasteiger partial charge in [0, 0.05) is 18.6 Å².